The Kier molecular flexibility index (Phi) is 5.22. The van der Waals surface area contributed by atoms with Crippen LogP contribution in [0.1, 0.15) is 50.8 Å². The average Bonchev–Trinajstić information content (AvgIpc) is 3.14. The van der Waals surface area contributed by atoms with Gasteiger partial charge in [-0.25, -0.2) is 4.79 Å². The van der Waals surface area contributed by atoms with E-state index >= 15 is 0 Å². The lowest BCUT2D eigenvalue weighted by molar-refractivity contribution is 0.0255. The number of ketones is 1. The third kappa shape index (κ3) is 3.19. The number of esters is 1. The third-order valence-electron chi connectivity index (χ3n) is 7.65. The molecule has 0 bridgehead atoms. The lowest BCUT2D eigenvalue weighted by atomic mass is 9.78. The molecule has 0 aromatic heterocycles. The van der Waals surface area contributed by atoms with Crippen LogP contribution in [0.2, 0.25) is 13.1 Å². The maximum absolute atomic E-state index is 13.3. The second kappa shape index (κ2) is 7.82. The van der Waals surface area contributed by atoms with E-state index in [1.807, 2.05) is 41.2 Å². The molecule has 2 aliphatic rings. The highest BCUT2D eigenvalue weighted by molar-refractivity contribution is 7.01. The van der Waals surface area contributed by atoms with Crippen LogP contribution in [0.4, 0.5) is 11.4 Å². The van der Waals surface area contributed by atoms with Crippen molar-refractivity contribution < 1.29 is 14.3 Å². The van der Waals surface area contributed by atoms with Crippen LogP contribution in [0, 0.1) is 0 Å². The van der Waals surface area contributed by atoms with Crippen molar-refractivity contribution in [3.8, 4) is 0 Å². The van der Waals surface area contributed by atoms with E-state index in [1.165, 1.54) is 10.4 Å². The SMILES string of the molecule is CCC(=O)c1ccc2c(c1)C1(OC2=O)c2ccc(N(C)C)cc2[Si](C)(C)c2cc(N(C)C)ccc21. The van der Waals surface area contributed by atoms with E-state index in [2.05, 4.69) is 59.3 Å². The maximum Gasteiger partial charge on any atom is 0.340 e. The van der Waals surface area contributed by atoms with Gasteiger partial charge in [-0.1, -0.05) is 38.2 Å². The van der Waals surface area contributed by atoms with Crippen molar-refractivity contribution >= 4 is 41.6 Å². The number of hydrogen-bond donors (Lipinski definition) is 0. The third-order valence-corrected chi connectivity index (χ3v) is 11.2. The minimum absolute atomic E-state index is 0.0548. The van der Waals surface area contributed by atoms with Crippen molar-refractivity contribution in [1.82, 2.24) is 0 Å². The van der Waals surface area contributed by atoms with E-state index in [4.69, 9.17) is 4.74 Å². The minimum atomic E-state index is -2.18. The summed E-state index contributed by atoms with van der Waals surface area (Å²) in [5, 5.41) is 2.50. The molecule has 2 aliphatic heterocycles. The molecule has 3 aromatic rings. The first kappa shape index (κ1) is 23.4. The number of Topliss-reactive ketones (excluding diaryl/α,β-unsaturated/α-hetero) is 1. The summed E-state index contributed by atoms with van der Waals surface area (Å²) < 4.78 is 6.42. The quantitative estimate of drug-likeness (QED) is 0.318. The van der Waals surface area contributed by atoms with Crippen LogP contribution in [-0.4, -0.2) is 48.0 Å². The van der Waals surface area contributed by atoms with Crippen molar-refractivity contribution in [3.63, 3.8) is 0 Å². The second-order valence-electron chi connectivity index (χ2n) is 10.5. The first-order chi connectivity index (χ1) is 16.5. The summed E-state index contributed by atoms with van der Waals surface area (Å²) in [7, 11) is 5.99. The largest absolute Gasteiger partial charge is 0.441 e. The van der Waals surface area contributed by atoms with Crippen molar-refractivity contribution in [2.45, 2.75) is 32.0 Å². The van der Waals surface area contributed by atoms with Gasteiger partial charge in [-0.3, -0.25) is 4.79 Å². The normalized spacial score (nSPS) is 16.3. The molecule has 6 heteroatoms. The molecule has 0 saturated heterocycles. The van der Waals surface area contributed by atoms with Gasteiger partial charge in [0.1, 0.15) is 8.07 Å². The average molecular weight is 485 g/mol. The summed E-state index contributed by atoms with van der Waals surface area (Å²) in [5.41, 5.74) is 5.10. The monoisotopic (exact) mass is 484 g/mol. The van der Waals surface area contributed by atoms with Crippen molar-refractivity contribution in [3.05, 3.63) is 82.4 Å². The summed E-state index contributed by atoms with van der Waals surface area (Å²) in [6.07, 6.45) is 0.409. The molecule has 0 amide bonds. The Bertz CT molecular complexity index is 1330. The fourth-order valence-electron chi connectivity index (χ4n) is 5.60. The summed E-state index contributed by atoms with van der Waals surface area (Å²) in [6, 6.07) is 18.4. The topological polar surface area (TPSA) is 49.9 Å². The van der Waals surface area contributed by atoms with E-state index in [0.29, 0.717) is 17.5 Å². The lowest BCUT2D eigenvalue weighted by Gasteiger charge is -2.44. The van der Waals surface area contributed by atoms with Crippen LogP contribution in [0.25, 0.3) is 0 Å². The van der Waals surface area contributed by atoms with Gasteiger partial charge >= 0.3 is 5.97 Å². The summed E-state index contributed by atoms with van der Waals surface area (Å²) in [6.45, 7) is 6.59. The number of anilines is 2. The van der Waals surface area contributed by atoms with Gasteiger partial charge in [0.25, 0.3) is 0 Å². The number of benzene rings is 3. The van der Waals surface area contributed by atoms with Crippen molar-refractivity contribution in [1.29, 1.82) is 0 Å². The molecule has 2 heterocycles. The Hall–Kier alpha value is -3.38. The van der Waals surface area contributed by atoms with E-state index in [9.17, 15) is 9.59 Å². The van der Waals surface area contributed by atoms with Gasteiger partial charge in [0.2, 0.25) is 0 Å². The highest BCUT2D eigenvalue weighted by atomic mass is 28.3. The smallest absolute Gasteiger partial charge is 0.340 e. The maximum atomic E-state index is 13.3. The molecule has 0 saturated carbocycles. The van der Waals surface area contributed by atoms with Gasteiger partial charge in [0.05, 0.1) is 5.56 Å². The van der Waals surface area contributed by atoms with Crippen LogP contribution in [0.15, 0.2) is 54.6 Å². The zero-order valence-electron chi connectivity index (χ0n) is 21.5. The fraction of sp³-hybridized carbons (Fsp3) is 0.310. The first-order valence-electron chi connectivity index (χ1n) is 12.1. The Labute approximate surface area is 208 Å². The van der Waals surface area contributed by atoms with E-state index in [-0.39, 0.29) is 11.8 Å². The fourth-order valence-corrected chi connectivity index (χ4v) is 8.77. The highest BCUT2D eigenvalue weighted by Gasteiger charge is 2.56. The Morgan fingerprint density at radius 3 is 1.86 bits per heavy atom. The molecular weight excluding hydrogens is 452 g/mol. The molecule has 0 atom stereocenters. The van der Waals surface area contributed by atoms with Crippen LogP contribution in [-0.2, 0) is 10.3 Å². The summed E-state index contributed by atoms with van der Waals surface area (Å²) in [4.78, 5) is 30.2. The molecule has 0 unspecified atom stereocenters. The number of fused-ring (bicyclic) bond motifs is 6. The number of rotatable bonds is 4. The highest BCUT2D eigenvalue weighted by Crippen LogP contribution is 2.49. The molecule has 35 heavy (non-hydrogen) atoms. The number of ether oxygens (including phenoxy) is 1. The lowest BCUT2D eigenvalue weighted by Crippen LogP contribution is -2.63. The summed E-state index contributed by atoms with van der Waals surface area (Å²) >= 11 is 0. The van der Waals surface area contributed by atoms with Crippen molar-refractivity contribution in [2.24, 2.45) is 0 Å². The molecule has 5 nitrogen and oxygen atoms in total. The van der Waals surface area contributed by atoms with Gasteiger partial charge in [-0.2, -0.15) is 0 Å². The molecular formula is C29H32N2O3Si. The molecule has 180 valence electrons. The number of hydrogen-bond acceptors (Lipinski definition) is 5. The molecule has 0 fully saturated rings. The van der Waals surface area contributed by atoms with Gasteiger partial charge in [0, 0.05) is 68.2 Å². The zero-order valence-corrected chi connectivity index (χ0v) is 22.5. The van der Waals surface area contributed by atoms with E-state index < -0.39 is 13.7 Å². The molecule has 3 aromatic carbocycles. The Balaban J connectivity index is 1.91. The predicted molar refractivity (Wildman–Crippen MR) is 145 cm³/mol. The van der Waals surface area contributed by atoms with Gasteiger partial charge in [-0.05, 0) is 46.8 Å². The number of carbonyl (C=O) groups excluding carboxylic acids is 2. The standard InChI is InChI=1S/C29H32N2O3Si/c1-8-25(32)18-9-12-21-24(15-18)29(34-28(21)33)22-13-10-19(30(2)3)16-26(22)35(6,7)27-17-20(31(4)5)11-14-23(27)29/h9-17H,8H2,1-7H3. The molecule has 0 radical (unpaired) electrons. The van der Waals surface area contributed by atoms with Crippen LogP contribution >= 0.6 is 0 Å². The zero-order chi connectivity index (χ0) is 25.3. The molecule has 5 rings (SSSR count). The van der Waals surface area contributed by atoms with Crippen LogP contribution in [0.5, 0.6) is 0 Å². The Morgan fingerprint density at radius 1 is 0.829 bits per heavy atom. The molecule has 0 aliphatic carbocycles. The van der Waals surface area contributed by atoms with Crippen LogP contribution < -0.4 is 20.2 Å². The molecule has 0 N–H and O–H groups in total. The van der Waals surface area contributed by atoms with Crippen LogP contribution in [0.3, 0.4) is 0 Å². The number of nitrogens with zero attached hydrogens (tertiary/aromatic N) is 2. The summed E-state index contributed by atoms with van der Waals surface area (Å²) in [5.74, 6) is -0.290. The Morgan fingerprint density at radius 2 is 1.37 bits per heavy atom. The number of carbonyl (C=O) groups is 2. The first-order valence-corrected chi connectivity index (χ1v) is 15.1. The second-order valence-corrected chi connectivity index (χ2v) is 14.8. The molecule has 1 spiro atoms. The van der Waals surface area contributed by atoms with Gasteiger partial charge in [-0.15, -0.1) is 0 Å². The van der Waals surface area contributed by atoms with Gasteiger partial charge in [0.15, 0.2) is 11.4 Å². The predicted octanol–water partition coefficient (Wildman–Crippen LogP) is 4.01. The van der Waals surface area contributed by atoms with Gasteiger partial charge < -0.3 is 14.5 Å². The minimum Gasteiger partial charge on any atom is -0.441 e. The van der Waals surface area contributed by atoms with E-state index in [0.717, 1.165) is 28.1 Å². The van der Waals surface area contributed by atoms with Crippen molar-refractivity contribution in [2.75, 3.05) is 38.0 Å². The van der Waals surface area contributed by atoms with E-state index in [1.54, 1.807) is 12.1 Å².